The zero-order valence-corrected chi connectivity index (χ0v) is 15.0. The van der Waals surface area contributed by atoms with E-state index in [1.807, 2.05) is 55.5 Å². The second-order valence-corrected chi connectivity index (χ2v) is 6.19. The minimum Gasteiger partial charge on any atom is -0.497 e. The number of benzene rings is 2. The SMILES string of the molecule is COc1cccc(-c2ccnc3nc(Nc4ccc(C)cc4)[nH]c(=O)c23)c1. The summed E-state index contributed by atoms with van der Waals surface area (Å²) in [6.07, 6.45) is 1.65. The summed E-state index contributed by atoms with van der Waals surface area (Å²) < 4.78 is 5.29. The molecular formula is C21H18N4O2. The topological polar surface area (TPSA) is 79.9 Å². The smallest absolute Gasteiger partial charge is 0.262 e. The van der Waals surface area contributed by atoms with Crippen molar-refractivity contribution in [3.8, 4) is 16.9 Å². The fraction of sp³-hybridized carbons (Fsp3) is 0.0952. The third kappa shape index (κ3) is 3.37. The molecule has 0 radical (unpaired) electrons. The number of aromatic nitrogens is 3. The van der Waals surface area contributed by atoms with Crippen molar-refractivity contribution >= 4 is 22.7 Å². The van der Waals surface area contributed by atoms with E-state index in [0.29, 0.717) is 17.0 Å². The lowest BCUT2D eigenvalue weighted by atomic mass is 10.0. The van der Waals surface area contributed by atoms with E-state index < -0.39 is 0 Å². The van der Waals surface area contributed by atoms with Crippen LogP contribution in [-0.4, -0.2) is 22.1 Å². The van der Waals surface area contributed by atoms with Gasteiger partial charge in [0.15, 0.2) is 5.65 Å². The van der Waals surface area contributed by atoms with Crippen LogP contribution in [0.3, 0.4) is 0 Å². The average Bonchev–Trinajstić information content (AvgIpc) is 2.69. The lowest BCUT2D eigenvalue weighted by Crippen LogP contribution is -2.13. The van der Waals surface area contributed by atoms with E-state index in [-0.39, 0.29) is 5.56 Å². The molecule has 2 aromatic heterocycles. The molecule has 6 heteroatoms. The average molecular weight is 358 g/mol. The fourth-order valence-corrected chi connectivity index (χ4v) is 2.93. The number of aromatic amines is 1. The molecule has 2 heterocycles. The molecule has 0 saturated heterocycles. The van der Waals surface area contributed by atoms with Crippen LogP contribution in [0.1, 0.15) is 5.56 Å². The molecule has 0 saturated carbocycles. The molecule has 0 aliphatic heterocycles. The van der Waals surface area contributed by atoms with E-state index in [1.54, 1.807) is 19.4 Å². The zero-order chi connectivity index (χ0) is 18.8. The number of nitrogens with zero attached hydrogens (tertiary/aromatic N) is 2. The first-order chi connectivity index (χ1) is 13.1. The number of pyridine rings is 1. The van der Waals surface area contributed by atoms with Crippen LogP contribution >= 0.6 is 0 Å². The normalized spacial score (nSPS) is 10.7. The van der Waals surface area contributed by atoms with Crippen LogP contribution in [-0.2, 0) is 0 Å². The van der Waals surface area contributed by atoms with E-state index in [9.17, 15) is 4.79 Å². The molecule has 0 bridgehead atoms. The molecule has 4 rings (SSSR count). The number of aryl methyl sites for hydroxylation is 1. The van der Waals surface area contributed by atoms with Crippen molar-refractivity contribution in [1.82, 2.24) is 15.0 Å². The highest BCUT2D eigenvalue weighted by Crippen LogP contribution is 2.27. The first-order valence-electron chi connectivity index (χ1n) is 8.51. The van der Waals surface area contributed by atoms with Crippen molar-refractivity contribution < 1.29 is 4.74 Å². The maximum absolute atomic E-state index is 12.8. The number of methoxy groups -OCH3 is 1. The monoisotopic (exact) mass is 358 g/mol. The third-order valence-corrected chi connectivity index (χ3v) is 4.30. The van der Waals surface area contributed by atoms with Gasteiger partial charge in [0.05, 0.1) is 12.5 Å². The van der Waals surface area contributed by atoms with Gasteiger partial charge in [-0.1, -0.05) is 29.8 Å². The zero-order valence-electron chi connectivity index (χ0n) is 15.0. The molecule has 0 aliphatic rings. The van der Waals surface area contributed by atoms with Crippen LogP contribution < -0.4 is 15.6 Å². The Morgan fingerprint density at radius 1 is 1.07 bits per heavy atom. The quantitative estimate of drug-likeness (QED) is 0.575. The molecule has 0 spiro atoms. The van der Waals surface area contributed by atoms with Gasteiger partial charge in [-0.2, -0.15) is 4.98 Å². The highest BCUT2D eigenvalue weighted by atomic mass is 16.5. The maximum atomic E-state index is 12.8. The molecule has 0 amide bonds. The van der Waals surface area contributed by atoms with E-state index in [2.05, 4.69) is 20.3 Å². The molecule has 2 aromatic carbocycles. The molecule has 0 fully saturated rings. The second-order valence-electron chi connectivity index (χ2n) is 6.19. The number of anilines is 2. The molecule has 134 valence electrons. The molecule has 0 atom stereocenters. The lowest BCUT2D eigenvalue weighted by Gasteiger charge is -2.09. The Morgan fingerprint density at radius 3 is 2.67 bits per heavy atom. The summed E-state index contributed by atoms with van der Waals surface area (Å²) in [5.74, 6) is 1.08. The molecule has 27 heavy (non-hydrogen) atoms. The van der Waals surface area contributed by atoms with Crippen molar-refractivity contribution in [3.05, 3.63) is 76.7 Å². The van der Waals surface area contributed by atoms with E-state index in [4.69, 9.17) is 4.74 Å². The molecule has 4 aromatic rings. The van der Waals surface area contributed by atoms with E-state index in [1.165, 1.54) is 0 Å². The molecule has 0 aliphatic carbocycles. The van der Waals surface area contributed by atoms with Crippen LogP contribution in [0.5, 0.6) is 5.75 Å². The van der Waals surface area contributed by atoms with Gasteiger partial charge in [-0.05, 0) is 48.4 Å². The van der Waals surface area contributed by atoms with Crippen molar-refractivity contribution in [2.75, 3.05) is 12.4 Å². The minimum absolute atomic E-state index is 0.250. The molecule has 6 nitrogen and oxygen atoms in total. The van der Waals surface area contributed by atoms with Gasteiger partial charge in [0.1, 0.15) is 5.75 Å². The van der Waals surface area contributed by atoms with Gasteiger partial charge in [0.25, 0.3) is 5.56 Å². The molecule has 0 unspecified atom stereocenters. The summed E-state index contributed by atoms with van der Waals surface area (Å²) in [5.41, 5.74) is 3.76. The van der Waals surface area contributed by atoms with Gasteiger partial charge in [-0.3, -0.25) is 9.78 Å². The van der Waals surface area contributed by atoms with Gasteiger partial charge < -0.3 is 10.1 Å². The first-order valence-corrected chi connectivity index (χ1v) is 8.51. The van der Waals surface area contributed by atoms with Gasteiger partial charge in [-0.15, -0.1) is 0 Å². The number of ether oxygens (including phenoxy) is 1. The Kier molecular flexibility index (Phi) is 4.30. The Hall–Kier alpha value is -3.67. The third-order valence-electron chi connectivity index (χ3n) is 4.30. The predicted molar refractivity (Wildman–Crippen MR) is 107 cm³/mol. The standard InChI is InChI=1S/C21H18N4O2/c1-13-6-8-15(9-7-13)23-21-24-19-18(20(26)25-21)17(10-11-22-19)14-4-3-5-16(12-14)27-2/h3-12H,1-2H3,(H2,22,23,24,25,26). The fourth-order valence-electron chi connectivity index (χ4n) is 2.93. The summed E-state index contributed by atoms with van der Waals surface area (Å²) >= 11 is 0. The Balaban J connectivity index is 1.80. The number of fused-ring (bicyclic) bond motifs is 1. The van der Waals surface area contributed by atoms with Crippen LogP contribution in [0.25, 0.3) is 22.2 Å². The number of nitrogens with one attached hydrogen (secondary N) is 2. The summed E-state index contributed by atoms with van der Waals surface area (Å²) in [5, 5.41) is 3.56. The largest absolute Gasteiger partial charge is 0.497 e. The Morgan fingerprint density at radius 2 is 1.89 bits per heavy atom. The van der Waals surface area contributed by atoms with Crippen LogP contribution in [0.2, 0.25) is 0 Å². The highest BCUT2D eigenvalue weighted by Gasteiger charge is 2.12. The van der Waals surface area contributed by atoms with Gasteiger partial charge in [0, 0.05) is 11.9 Å². The Labute approximate surface area is 155 Å². The summed E-state index contributed by atoms with van der Waals surface area (Å²) in [7, 11) is 1.61. The number of hydrogen-bond acceptors (Lipinski definition) is 5. The van der Waals surface area contributed by atoms with E-state index >= 15 is 0 Å². The predicted octanol–water partition coefficient (Wildman–Crippen LogP) is 4.05. The van der Waals surface area contributed by atoms with E-state index in [0.717, 1.165) is 28.1 Å². The Bertz CT molecular complexity index is 1170. The number of hydrogen-bond donors (Lipinski definition) is 2. The minimum atomic E-state index is -0.250. The maximum Gasteiger partial charge on any atom is 0.262 e. The molecular weight excluding hydrogens is 340 g/mol. The second kappa shape index (κ2) is 6.92. The molecule has 2 N–H and O–H groups in total. The summed E-state index contributed by atoms with van der Waals surface area (Å²) in [4.78, 5) is 24.3. The van der Waals surface area contributed by atoms with Gasteiger partial charge >= 0.3 is 0 Å². The van der Waals surface area contributed by atoms with Crippen molar-refractivity contribution in [2.24, 2.45) is 0 Å². The highest BCUT2D eigenvalue weighted by molar-refractivity contribution is 5.92. The van der Waals surface area contributed by atoms with Crippen molar-refractivity contribution in [1.29, 1.82) is 0 Å². The van der Waals surface area contributed by atoms with Crippen molar-refractivity contribution in [3.63, 3.8) is 0 Å². The van der Waals surface area contributed by atoms with Crippen LogP contribution in [0.4, 0.5) is 11.6 Å². The van der Waals surface area contributed by atoms with Crippen LogP contribution in [0, 0.1) is 6.92 Å². The van der Waals surface area contributed by atoms with Gasteiger partial charge in [-0.25, -0.2) is 4.98 Å². The first kappa shape index (κ1) is 16.8. The lowest BCUT2D eigenvalue weighted by molar-refractivity contribution is 0.415. The number of rotatable bonds is 4. The summed E-state index contributed by atoms with van der Waals surface area (Å²) in [6.45, 7) is 2.02. The van der Waals surface area contributed by atoms with Crippen LogP contribution in [0.15, 0.2) is 65.6 Å². The van der Waals surface area contributed by atoms with Gasteiger partial charge in [0.2, 0.25) is 5.95 Å². The summed E-state index contributed by atoms with van der Waals surface area (Å²) in [6, 6.07) is 17.2. The number of H-pyrrole nitrogens is 1. The van der Waals surface area contributed by atoms with Crippen molar-refractivity contribution in [2.45, 2.75) is 6.92 Å².